The van der Waals surface area contributed by atoms with Crippen LogP contribution in [0.1, 0.15) is 22.5 Å². The molecule has 1 aromatic heterocycles. The van der Waals surface area contributed by atoms with Crippen LogP contribution in [0.5, 0.6) is 0 Å². The number of carbonyl (C=O) groups is 1. The van der Waals surface area contributed by atoms with Crippen LogP contribution < -0.4 is 5.32 Å². The standard InChI is InChI=1S/C15H18N2O2/c1-16-8-4-3-5-11-6-7-12-10-14(15(18)19-2)17-13(12)9-11/h3,5-7,9-10,16-17H,4,8H2,1-2H3. The molecular formula is C15H18N2O2. The average molecular weight is 258 g/mol. The van der Waals surface area contributed by atoms with Crippen LogP contribution >= 0.6 is 0 Å². The summed E-state index contributed by atoms with van der Waals surface area (Å²) >= 11 is 0. The summed E-state index contributed by atoms with van der Waals surface area (Å²) in [4.78, 5) is 14.5. The Balaban J connectivity index is 2.20. The van der Waals surface area contributed by atoms with Crippen molar-refractivity contribution in [2.75, 3.05) is 20.7 Å². The van der Waals surface area contributed by atoms with Crippen molar-refractivity contribution in [3.05, 3.63) is 41.6 Å². The zero-order valence-corrected chi connectivity index (χ0v) is 11.2. The van der Waals surface area contributed by atoms with Crippen LogP contribution in [0.15, 0.2) is 30.3 Å². The van der Waals surface area contributed by atoms with E-state index in [0.717, 1.165) is 29.4 Å². The lowest BCUT2D eigenvalue weighted by Gasteiger charge is -1.95. The Morgan fingerprint density at radius 3 is 3.00 bits per heavy atom. The maximum Gasteiger partial charge on any atom is 0.354 e. The molecule has 19 heavy (non-hydrogen) atoms. The van der Waals surface area contributed by atoms with Gasteiger partial charge in [-0.25, -0.2) is 4.79 Å². The van der Waals surface area contributed by atoms with Crippen LogP contribution in [0.4, 0.5) is 0 Å². The highest BCUT2D eigenvalue weighted by atomic mass is 16.5. The number of aromatic nitrogens is 1. The van der Waals surface area contributed by atoms with Gasteiger partial charge in [-0.1, -0.05) is 24.3 Å². The van der Waals surface area contributed by atoms with E-state index in [1.807, 2.05) is 25.2 Å². The van der Waals surface area contributed by atoms with Crippen LogP contribution in [0, 0.1) is 0 Å². The van der Waals surface area contributed by atoms with Gasteiger partial charge in [-0.15, -0.1) is 0 Å². The molecule has 4 heteroatoms. The molecule has 0 atom stereocenters. The number of methoxy groups -OCH3 is 1. The number of hydrogen-bond donors (Lipinski definition) is 2. The van der Waals surface area contributed by atoms with E-state index in [-0.39, 0.29) is 5.97 Å². The first-order valence-corrected chi connectivity index (χ1v) is 6.27. The fourth-order valence-corrected chi connectivity index (χ4v) is 1.92. The molecular weight excluding hydrogens is 240 g/mol. The van der Waals surface area contributed by atoms with Gasteiger partial charge in [0.25, 0.3) is 0 Å². The molecule has 1 heterocycles. The molecule has 0 fully saturated rings. The minimum Gasteiger partial charge on any atom is -0.464 e. The molecule has 1 aromatic carbocycles. The third-order valence-corrected chi connectivity index (χ3v) is 2.92. The summed E-state index contributed by atoms with van der Waals surface area (Å²) in [6.45, 7) is 0.966. The maximum atomic E-state index is 11.4. The van der Waals surface area contributed by atoms with E-state index in [9.17, 15) is 4.79 Å². The van der Waals surface area contributed by atoms with Crippen molar-refractivity contribution in [2.45, 2.75) is 6.42 Å². The molecule has 0 aliphatic heterocycles. The minimum absolute atomic E-state index is 0.345. The predicted octanol–water partition coefficient (Wildman–Crippen LogP) is 2.58. The van der Waals surface area contributed by atoms with E-state index < -0.39 is 0 Å². The zero-order chi connectivity index (χ0) is 13.7. The lowest BCUT2D eigenvalue weighted by Crippen LogP contribution is -2.05. The van der Waals surface area contributed by atoms with Crippen LogP contribution in [-0.2, 0) is 4.74 Å². The van der Waals surface area contributed by atoms with Gasteiger partial charge in [-0.3, -0.25) is 0 Å². The molecule has 0 aliphatic rings. The first kappa shape index (κ1) is 13.4. The number of fused-ring (bicyclic) bond motifs is 1. The van der Waals surface area contributed by atoms with Crippen LogP contribution in [-0.4, -0.2) is 31.7 Å². The molecule has 0 spiro atoms. The SMILES string of the molecule is CNCCC=Cc1ccc2cc(C(=O)OC)[nH]c2c1. The van der Waals surface area contributed by atoms with Gasteiger partial charge in [0.05, 0.1) is 7.11 Å². The second kappa shape index (κ2) is 6.20. The van der Waals surface area contributed by atoms with Crippen molar-refractivity contribution in [1.82, 2.24) is 10.3 Å². The van der Waals surface area contributed by atoms with Gasteiger partial charge in [-0.2, -0.15) is 0 Å². The normalized spacial score (nSPS) is 11.3. The van der Waals surface area contributed by atoms with E-state index in [1.165, 1.54) is 7.11 Å². The third-order valence-electron chi connectivity index (χ3n) is 2.92. The summed E-state index contributed by atoms with van der Waals surface area (Å²) in [5.41, 5.74) is 2.53. The Bertz CT molecular complexity index is 599. The number of aromatic amines is 1. The monoisotopic (exact) mass is 258 g/mol. The van der Waals surface area contributed by atoms with Crippen molar-refractivity contribution in [3.63, 3.8) is 0 Å². The van der Waals surface area contributed by atoms with Gasteiger partial charge in [0.2, 0.25) is 0 Å². The smallest absolute Gasteiger partial charge is 0.354 e. The van der Waals surface area contributed by atoms with Gasteiger partial charge in [-0.05, 0) is 37.7 Å². The summed E-state index contributed by atoms with van der Waals surface area (Å²) in [6, 6.07) is 7.86. The number of benzene rings is 1. The molecule has 0 saturated heterocycles. The topological polar surface area (TPSA) is 54.1 Å². The predicted molar refractivity (Wildman–Crippen MR) is 77.2 cm³/mol. The van der Waals surface area contributed by atoms with Crippen LogP contribution in [0.3, 0.4) is 0 Å². The molecule has 4 nitrogen and oxygen atoms in total. The number of H-pyrrole nitrogens is 1. The number of ether oxygens (including phenoxy) is 1. The van der Waals surface area contributed by atoms with Gasteiger partial charge in [0.15, 0.2) is 0 Å². The van der Waals surface area contributed by atoms with Crippen molar-refractivity contribution in [1.29, 1.82) is 0 Å². The van der Waals surface area contributed by atoms with Gasteiger partial charge in [0, 0.05) is 10.9 Å². The molecule has 0 unspecified atom stereocenters. The number of rotatable bonds is 5. The summed E-state index contributed by atoms with van der Waals surface area (Å²) in [6.07, 6.45) is 5.20. The number of carbonyl (C=O) groups excluding carboxylic acids is 1. The quantitative estimate of drug-likeness (QED) is 0.640. The Labute approximate surface area is 112 Å². The Hall–Kier alpha value is -2.07. The van der Waals surface area contributed by atoms with Crippen molar-refractivity contribution in [2.24, 2.45) is 0 Å². The zero-order valence-electron chi connectivity index (χ0n) is 11.2. The molecule has 0 saturated carbocycles. The van der Waals surface area contributed by atoms with E-state index in [1.54, 1.807) is 6.07 Å². The molecule has 2 aromatic rings. The van der Waals surface area contributed by atoms with E-state index in [4.69, 9.17) is 4.74 Å². The Kier molecular flexibility index (Phi) is 4.36. The van der Waals surface area contributed by atoms with Gasteiger partial charge >= 0.3 is 5.97 Å². The molecule has 2 rings (SSSR count). The molecule has 0 aliphatic carbocycles. The molecule has 100 valence electrons. The maximum absolute atomic E-state index is 11.4. The number of nitrogens with one attached hydrogen (secondary N) is 2. The van der Waals surface area contributed by atoms with E-state index in [0.29, 0.717) is 5.69 Å². The lowest BCUT2D eigenvalue weighted by atomic mass is 10.1. The third kappa shape index (κ3) is 3.23. The highest BCUT2D eigenvalue weighted by molar-refractivity contribution is 5.95. The number of esters is 1. The lowest BCUT2D eigenvalue weighted by molar-refractivity contribution is 0.0595. The highest BCUT2D eigenvalue weighted by Gasteiger charge is 2.08. The Morgan fingerprint density at radius 2 is 2.26 bits per heavy atom. The first-order valence-electron chi connectivity index (χ1n) is 6.27. The van der Waals surface area contributed by atoms with Crippen LogP contribution in [0.2, 0.25) is 0 Å². The fraction of sp³-hybridized carbons (Fsp3) is 0.267. The summed E-state index contributed by atoms with van der Waals surface area (Å²) in [5, 5.41) is 4.10. The number of hydrogen-bond acceptors (Lipinski definition) is 3. The minimum atomic E-state index is -0.345. The van der Waals surface area contributed by atoms with Crippen molar-refractivity contribution in [3.8, 4) is 0 Å². The molecule has 0 radical (unpaired) electrons. The van der Waals surface area contributed by atoms with E-state index >= 15 is 0 Å². The first-order chi connectivity index (χ1) is 9.24. The van der Waals surface area contributed by atoms with Crippen LogP contribution in [0.25, 0.3) is 17.0 Å². The Morgan fingerprint density at radius 1 is 1.42 bits per heavy atom. The van der Waals surface area contributed by atoms with Crippen molar-refractivity contribution < 1.29 is 9.53 Å². The second-order valence-corrected chi connectivity index (χ2v) is 4.32. The summed E-state index contributed by atoms with van der Waals surface area (Å²) in [7, 11) is 3.32. The molecule has 0 bridgehead atoms. The second-order valence-electron chi connectivity index (χ2n) is 4.32. The largest absolute Gasteiger partial charge is 0.464 e. The summed E-state index contributed by atoms with van der Waals surface area (Å²) in [5.74, 6) is -0.345. The molecule has 0 amide bonds. The van der Waals surface area contributed by atoms with Gasteiger partial charge in [0.1, 0.15) is 5.69 Å². The fourth-order valence-electron chi connectivity index (χ4n) is 1.92. The van der Waals surface area contributed by atoms with E-state index in [2.05, 4.69) is 22.5 Å². The van der Waals surface area contributed by atoms with Gasteiger partial charge < -0.3 is 15.0 Å². The highest BCUT2D eigenvalue weighted by Crippen LogP contribution is 2.18. The van der Waals surface area contributed by atoms with Crippen molar-refractivity contribution >= 4 is 22.9 Å². The average Bonchev–Trinajstić information content (AvgIpc) is 2.85. The molecule has 2 N–H and O–H groups in total. The summed E-state index contributed by atoms with van der Waals surface area (Å²) < 4.78 is 4.70.